The highest BCUT2D eigenvalue weighted by Crippen LogP contribution is 2.37. The van der Waals surface area contributed by atoms with Gasteiger partial charge in [0, 0.05) is 5.69 Å². The zero-order valence-corrected chi connectivity index (χ0v) is 15.8. The third-order valence-corrected chi connectivity index (χ3v) is 5.11. The molecule has 27 heavy (non-hydrogen) atoms. The van der Waals surface area contributed by atoms with Crippen molar-refractivity contribution < 1.29 is 9.53 Å². The Morgan fingerprint density at radius 2 is 1.89 bits per heavy atom. The molecule has 0 amide bonds. The van der Waals surface area contributed by atoms with Crippen LogP contribution in [0, 0.1) is 0 Å². The summed E-state index contributed by atoms with van der Waals surface area (Å²) < 4.78 is 4.85. The molecule has 0 fully saturated rings. The number of benzene rings is 3. The Bertz CT molecular complexity index is 1040. The Labute approximate surface area is 164 Å². The highest BCUT2D eigenvalue weighted by Gasteiger charge is 2.18. The minimum Gasteiger partial charge on any atom is -0.465 e. The number of fused-ring (bicyclic) bond motifs is 3. The minimum atomic E-state index is -0.338. The van der Waals surface area contributed by atoms with Crippen LogP contribution in [0.25, 0.3) is 11.1 Å². The van der Waals surface area contributed by atoms with Crippen molar-refractivity contribution in [3.8, 4) is 11.1 Å². The van der Waals surface area contributed by atoms with E-state index in [1.165, 1.54) is 40.4 Å². The molecule has 3 aromatic carbocycles. The number of nitrogens with one attached hydrogen (secondary N) is 1. The first kappa shape index (κ1) is 17.4. The molecule has 3 nitrogen and oxygen atoms in total. The molecule has 0 saturated carbocycles. The summed E-state index contributed by atoms with van der Waals surface area (Å²) in [5.41, 5.74) is 10.5. The SMILES string of the molecule is COC(=O)c1ccc(NC=S)c(Cc2ccc3c(c2)Cc2ccccc2-3)c1. The number of ether oxygens (including phenoxy) is 1. The Morgan fingerprint density at radius 3 is 2.70 bits per heavy atom. The van der Waals surface area contributed by atoms with Crippen molar-refractivity contribution in [3.63, 3.8) is 0 Å². The molecule has 0 heterocycles. The number of hydrogen-bond acceptors (Lipinski definition) is 3. The van der Waals surface area contributed by atoms with Crippen molar-refractivity contribution in [3.05, 3.63) is 88.5 Å². The zero-order chi connectivity index (χ0) is 18.8. The molecule has 0 bridgehead atoms. The second-order valence-electron chi connectivity index (χ2n) is 6.63. The van der Waals surface area contributed by atoms with Gasteiger partial charge in [0.2, 0.25) is 0 Å². The van der Waals surface area contributed by atoms with Gasteiger partial charge in [-0.1, -0.05) is 54.7 Å². The van der Waals surface area contributed by atoms with Gasteiger partial charge in [0.15, 0.2) is 0 Å². The number of esters is 1. The third-order valence-electron chi connectivity index (χ3n) is 4.99. The first-order valence-electron chi connectivity index (χ1n) is 8.81. The van der Waals surface area contributed by atoms with Gasteiger partial charge in [-0.25, -0.2) is 4.79 Å². The smallest absolute Gasteiger partial charge is 0.337 e. The molecule has 3 aromatic rings. The van der Waals surface area contributed by atoms with E-state index in [1.807, 2.05) is 12.1 Å². The van der Waals surface area contributed by atoms with E-state index >= 15 is 0 Å². The lowest BCUT2D eigenvalue weighted by atomic mass is 9.97. The van der Waals surface area contributed by atoms with Crippen molar-refractivity contribution >= 4 is 29.4 Å². The zero-order valence-electron chi connectivity index (χ0n) is 15.0. The summed E-state index contributed by atoms with van der Waals surface area (Å²) in [7, 11) is 1.39. The predicted octanol–water partition coefficient (Wildman–Crippen LogP) is 5.00. The lowest BCUT2D eigenvalue weighted by Gasteiger charge is -2.12. The van der Waals surface area contributed by atoms with Crippen LogP contribution in [0.4, 0.5) is 5.69 Å². The van der Waals surface area contributed by atoms with Crippen LogP contribution in [0.2, 0.25) is 0 Å². The average Bonchev–Trinajstić information content (AvgIpc) is 3.06. The van der Waals surface area contributed by atoms with Crippen molar-refractivity contribution in [2.75, 3.05) is 12.4 Å². The molecule has 0 radical (unpaired) electrons. The fourth-order valence-corrected chi connectivity index (χ4v) is 3.84. The number of methoxy groups -OCH3 is 1. The summed E-state index contributed by atoms with van der Waals surface area (Å²) in [6.07, 6.45) is 1.67. The van der Waals surface area contributed by atoms with Crippen LogP contribution in [0.1, 0.15) is 32.6 Å². The first-order valence-corrected chi connectivity index (χ1v) is 9.28. The summed E-state index contributed by atoms with van der Waals surface area (Å²) in [5.74, 6) is -0.338. The maximum Gasteiger partial charge on any atom is 0.337 e. The second kappa shape index (κ2) is 7.33. The van der Waals surface area contributed by atoms with Gasteiger partial charge in [-0.15, -0.1) is 0 Å². The van der Waals surface area contributed by atoms with E-state index in [4.69, 9.17) is 17.0 Å². The molecule has 134 valence electrons. The lowest BCUT2D eigenvalue weighted by Crippen LogP contribution is -2.05. The molecule has 1 aliphatic carbocycles. The Hall–Kier alpha value is -2.98. The fourth-order valence-electron chi connectivity index (χ4n) is 3.72. The summed E-state index contributed by atoms with van der Waals surface area (Å²) in [6, 6.07) is 20.7. The topological polar surface area (TPSA) is 38.3 Å². The maximum absolute atomic E-state index is 11.9. The Kier molecular flexibility index (Phi) is 4.73. The lowest BCUT2D eigenvalue weighted by molar-refractivity contribution is 0.0600. The molecule has 4 heteroatoms. The normalized spacial score (nSPS) is 11.4. The van der Waals surface area contributed by atoms with Crippen LogP contribution in [-0.4, -0.2) is 18.6 Å². The molecular weight excluding hydrogens is 354 g/mol. The molecule has 0 atom stereocenters. The number of anilines is 1. The number of hydrogen-bond donors (Lipinski definition) is 1. The van der Waals surface area contributed by atoms with Crippen molar-refractivity contribution in [1.82, 2.24) is 0 Å². The summed E-state index contributed by atoms with van der Waals surface area (Å²) >= 11 is 4.94. The van der Waals surface area contributed by atoms with E-state index in [2.05, 4.69) is 47.8 Å². The van der Waals surface area contributed by atoms with Crippen molar-refractivity contribution in [2.45, 2.75) is 12.8 Å². The van der Waals surface area contributed by atoms with Gasteiger partial charge in [0.05, 0.1) is 18.2 Å². The molecule has 1 N–H and O–H groups in total. The van der Waals surface area contributed by atoms with E-state index < -0.39 is 0 Å². The van der Waals surface area contributed by atoms with Gasteiger partial charge in [-0.2, -0.15) is 0 Å². The number of carbonyl (C=O) groups excluding carboxylic acids is 1. The van der Waals surface area contributed by atoms with Gasteiger partial charge < -0.3 is 10.1 Å². The van der Waals surface area contributed by atoms with Gasteiger partial charge in [0.25, 0.3) is 0 Å². The number of carbonyl (C=O) groups is 1. The quantitative estimate of drug-likeness (QED) is 0.394. The predicted molar refractivity (Wildman–Crippen MR) is 113 cm³/mol. The largest absolute Gasteiger partial charge is 0.465 e. The van der Waals surface area contributed by atoms with Crippen LogP contribution in [0.3, 0.4) is 0 Å². The third kappa shape index (κ3) is 3.36. The van der Waals surface area contributed by atoms with Gasteiger partial charge in [-0.05, 0) is 64.4 Å². The van der Waals surface area contributed by atoms with Gasteiger partial charge >= 0.3 is 5.97 Å². The number of rotatable bonds is 5. The highest BCUT2D eigenvalue weighted by molar-refractivity contribution is 7.79. The van der Waals surface area contributed by atoms with Crippen molar-refractivity contribution in [2.24, 2.45) is 0 Å². The second-order valence-corrected chi connectivity index (χ2v) is 6.86. The fraction of sp³-hybridized carbons (Fsp3) is 0.130. The van der Waals surface area contributed by atoms with Crippen LogP contribution < -0.4 is 5.32 Å². The van der Waals surface area contributed by atoms with Crippen molar-refractivity contribution in [1.29, 1.82) is 0 Å². The standard InChI is InChI=1S/C23H19NO2S/c1-26-23(25)17-7-9-22(24-14-27)19(13-17)11-15-6-8-21-18(10-15)12-16-4-2-3-5-20(16)21/h2-10,13-14H,11-12H2,1H3,(H,24,27). The average molecular weight is 373 g/mol. The van der Waals surface area contributed by atoms with Crippen LogP contribution in [0.15, 0.2) is 60.7 Å². The molecule has 0 aliphatic heterocycles. The minimum absolute atomic E-state index is 0.338. The summed E-state index contributed by atoms with van der Waals surface area (Å²) in [6.45, 7) is 0. The molecular formula is C23H19NO2S. The highest BCUT2D eigenvalue weighted by atomic mass is 32.1. The van der Waals surface area contributed by atoms with E-state index in [-0.39, 0.29) is 5.97 Å². The number of thiocarbonyl (C=S) groups is 1. The molecule has 1 aliphatic rings. The van der Waals surface area contributed by atoms with Crippen LogP contribution in [-0.2, 0) is 17.6 Å². The summed E-state index contributed by atoms with van der Waals surface area (Å²) in [4.78, 5) is 11.9. The summed E-state index contributed by atoms with van der Waals surface area (Å²) in [5, 5.41) is 3.08. The van der Waals surface area contributed by atoms with E-state index in [9.17, 15) is 4.79 Å². The van der Waals surface area contributed by atoms with Crippen LogP contribution in [0.5, 0.6) is 0 Å². The first-order chi connectivity index (χ1) is 13.2. The van der Waals surface area contributed by atoms with Gasteiger partial charge in [0.1, 0.15) is 0 Å². The van der Waals surface area contributed by atoms with Crippen LogP contribution >= 0.6 is 12.2 Å². The van der Waals surface area contributed by atoms with E-state index in [0.717, 1.165) is 17.7 Å². The molecule has 0 aromatic heterocycles. The van der Waals surface area contributed by atoms with E-state index in [0.29, 0.717) is 12.0 Å². The van der Waals surface area contributed by atoms with E-state index in [1.54, 1.807) is 6.07 Å². The molecule has 0 unspecified atom stereocenters. The van der Waals surface area contributed by atoms with Gasteiger partial charge in [-0.3, -0.25) is 0 Å². The monoisotopic (exact) mass is 373 g/mol. The molecule has 4 rings (SSSR count). The maximum atomic E-state index is 11.9. The molecule has 0 saturated heterocycles. The Balaban J connectivity index is 1.67. The molecule has 0 spiro atoms. The Morgan fingerprint density at radius 1 is 1.07 bits per heavy atom.